The smallest absolute Gasteiger partial charge is 0.200 e. The molecule has 3 aromatic carbocycles. The molecule has 3 aromatic rings. The van der Waals surface area contributed by atoms with Gasteiger partial charge in [-0.3, -0.25) is 9.69 Å². The van der Waals surface area contributed by atoms with E-state index in [-0.39, 0.29) is 36.9 Å². The van der Waals surface area contributed by atoms with Gasteiger partial charge < -0.3 is 24.7 Å². The molecule has 0 radical (unpaired) electrons. The molecule has 2 aliphatic heterocycles. The van der Waals surface area contributed by atoms with Crippen LogP contribution in [0.15, 0.2) is 97.1 Å². The van der Waals surface area contributed by atoms with Crippen molar-refractivity contribution < 1.29 is 23.7 Å². The minimum atomic E-state index is -0.318. The highest BCUT2D eigenvalue weighted by atomic mass is 16.7. The number of rotatable bonds is 13. The number of nitrogens with two attached hydrogens (primary N) is 1. The number of carbonyl (C=O) groups excluding carboxylic acids is 1. The van der Waals surface area contributed by atoms with Crippen molar-refractivity contribution in [1.29, 1.82) is 0 Å². The molecule has 0 aromatic heterocycles. The fourth-order valence-corrected chi connectivity index (χ4v) is 5.54. The summed E-state index contributed by atoms with van der Waals surface area (Å²) in [5, 5.41) is 0. The Bertz CT molecular complexity index is 1310. The van der Waals surface area contributed by atoms with E-state index in [2.05, 4.69) is 53.4 Å². The van der Waals surface area contributed by atoms with E-state index in [1.807, 2.05) is 42.5 Å². The predicted molar refractivity (Wildman–Crippen MR) is 169 cm³/mol. The van der Waals surface area contributed by atoms with Crippen LogP contribution in [0, 0.1) is 0 Å². The molecule has 0 spiro atoms. The molecule has 7 nitrogen and oxygen atoms in total. The van der Waals surface area contributed by atoms with Crippen LogP contribution >= 0.6 is 0 Å². The molecule has 5 rings (SSSR count). The number of ether oxygens (including phenoxy) is 4. The molecular formula is C36H42N2O5. The summed E-state index contributed by atoms with van der Waals surface area (Å²) < 4.78 is 23.6. The molecule has 0 aliphatic carbocycles. The van der Waals surface area contributed by atoms with E-state index in [1.165, 1.54) is 0 Å². The van der Waals surface area contributed by atoms with Crippen LogP contribution in [-0.2, 0) is 14.3 Å². The Morgan fingerprint density at radius 3 is 2.28 bits per heavy atom. The van der Waals surface area contributed by atoms with Gasteiger partial charge in [0.2, 0.25) is 0 Å². The second-order valence-corrected chi connectivity index (χ2v) is 11.0. The SMILES string of the molecule is COc1cc(C=CC=CC(=O)CC(N)N2CCC(OC(c3ccccc3)c3ccccc3)CC2)ccc1OC1CCCO1. The molecule has 2 fully saturated rings. The molecule has 0 bridgehead atoms. The van der Waals surface area contributed by atoms with Crippen LogP contribution in [0.2, 0.25) is 0 Å². The van der Waals surface area contributed by atoms with Gasteiger partial charge in [0, 0.05) is 25.9 Å². The normalized spacial score (nSPS) is 18.9. The first-order chi connectivity index (χ1) is 21.1. The lowest BCUT2D eigenvalue weighted by Gasteiger charge is -2.37. The van der Waals surface area contributed by atoms with Gasteiger partial charge in [0.1, 0.15) is 6.10 Å². The Balaban J connectivity index is 1.07. The van der Waals surface area contributed by atoms with Crippen molar-refractivity contribution in [2.75, 3.05) is 26.8 Å². The van der Waals surface area contributed by atoms with Crippen LogP contribution in [0.3, 0.4) is 0 Å². The molecule has 43 heavy (non-hydrogen) atoms. The maximum absolute atomic E-state index is 12.6. The van der Waals surface area contributed by atoms with Crippen molar-refractivity contribution in [3.8, 4) is 11.5 Å². The van der Waals surface area contributed by atoms with Crippen LogP contribution in [-0.4, -0.2) is 56.0 Å². The van der Waals surface area contributed by atoms with Gasteiger partial charge >= 0.3 is 0 Å². The maximum atomic E-state index is 12.6. The summed E-state index contributed by atoms with van der Waals surface area (Å²) in [7, 11) is 1.62. The molecule has 0 amide bonds. The van der Waals surface area contributed by atoms with Crippen LogP contribution in [0.5, 0.6) is 11.5 Å². The van der Waals surface area contributed by atoms with Gasteiger partial charge in [-0.05, 0) is 54.2 Å². The molecule has 2 N–H and O–H groups in total. The van der Waals surface area contributed by atoms with Gasteiger partial charge in [-0.25, -0.2) is 0 Å². The number of likely N-dealkylation sites (tertiary alicyclic amines) is 1. The van der Waals surface area contributed by atoms with E-state index in [1.54, 1.807) is 19.3 Å². The Hall–Kier alpha value is -3.75. The summed E-state index contributed by atoms with van der Waals surface area (Å²) in [6.07, 6.45) is 10.5. The minimum absolute atomic E-state index is 0.00151. The zero-order valence-electron chi connectivity index (χ0n) is 24.8. The topological polar surface area (TPSA) is 83.3 Å². The number of allylic oxidation sites excluding steroid dienone is 3. The van der Waals surface area contributed by atoms with E-state index in [9.17, 15) is 4.79 Å². The van der Waals surface area contributed by atoms with Crippen molar-refractivity contribution in [1.82, 2.24) is 4.90 Å². The lowest BCUT2D eigenvalue weighted by molar-refractivity contribution is -0.116. The van der Waals surface area contributed by atoms with Gasteiger partial charge in [0.15, 0.2) is 23.6 Å². The van der Waals surface area contributed by atoms with Crippen LogP contribution < -0.4 is 15.2 Å². The highest BCUT2D eigenvalue weighted by Gasteiger charge is 2.27. The summed E-state index contributed by atoms with van der Waals surface area (Å²) in [5.74, 6) is 1.31. The van der Waals surface area contributed by atoms with E-state index < -0.39 is 0 Å². The molecule has 7 heteroatoms. The zero-order chi connectivity index (χ0) is 29.9. The van der Waals surface area contributed by atoms with E-state index in [0.717, 1.165) is 62.1 Å². The molecule has 2 unspecified atom stereocenters. The van der Waals surface area contributed by atoms with Crippen molar-refractivity contribution in [3.63, 3.8) is 0 Å². The molecule has 226 valence electrons. The lowest BCUT2D eigenvalue weighted by Crippen LogP contribution is -2.48. The Kier molecular flexibility index (Phi) is 11.2. The number of nitrogens with zero attached hydrogens (tertiary/aromatic N) is 1. The summed E-state index contributed by atoms with van der Waals surface area (Å²) in [6, 6.07) is 26.5. The van der Waals surface area contributed by atoms with Crippen molar-refractivity contribution in [2.24, 2.45) is 5.73 Å². The highest BCUT2D eigenvalue weighted by Crippen LogP contribution is 2.32. The Labute approximate surface area is 254 Å². The molecule has 0 saturated carbocycles. The molecule has 2 atom stereocenters. The van der Waals surface area contributed by atoms with E-state index in [4.69, 9.17) is 24.7 Å². The standard InChI is InChI=1S/C36H42N2O5/c1-40-33-25-27(18-19-32(33)43-35-17-10-24-41-35)11-8-9-16-30(39)26-34(37)38-22-20-31(21-23-38)42-36(28-12-4-2-5-13-28)29-14-6-3-7-15-29/h2-9,11-16,18-19,25,31,34-36H,10,17,20-24,26,37H2,1H3. The minimum Gasteiger partial charge on any atom is -0.493 e. The van der Waals surface area contributed by atoms with Gasteiger partial charge in [0.05, 0.1) is 26.0 Å². The second-order valence-electron chi connectivity index (χ2n) is 11.0. The highest BCUT2D eigenvalue weighted by molar-refractivity contribution is 5.90. The lowest BCUT2D eigenvalue weighted by atomic mass is 10.00. The number of hydrogen-bond donors (Lipinski definition) is 1. The average Bonchev–Trinajstić information content (AvgIpc) is 3.57. The first-order valence-electron chi connectivity index (χ1n) is 15.2. The summed E-state index contributed by atoms with van der Waals surface area (Å²) >= 11 is 0. The van der Waals surface area contributed by atoms with Gasteiger partial charge in [-0.15, -0.1) is 0 Å². The zero-order valence-corrected chi connectivity index (χ0v) is 24.8. The molecule has 2 heterocycles. The first kappa shape index (κ1) is 30.7. The Morgan fingerprint density at radius 1 is 0.953 bits per heavy atom. The number of ketones is 1. The number of carbonyl (C=O) groups is 1. The van der Waals surface area contributed by atoms with Gasteiger partial charge in [0.25, 0.3) is 0 Å². The first-order valence-corrected chi connectivity index (χ1v) is 15.2. The fourth-order valence-electron chi connectivity index (χ4n) is 5.54. The van der Waals surface area contributed by atoms with Crippen molar-refractivity contribution >= 4 is 11.9 Å². The summed E-state index contributed by atoms with van der Waals surface area (Å²) in [4.78, 5) is 14.8. The quantitative estimate of drug-likeness (QED) is 0.187. The average molecular weight is 583 g/mol. The third kappa shape index (κ3) is 8.88. The fraction of sp³-hybridized carbons (Fsp3) is 0.361. The molecular weight excluding hydrogens is 540 g/mol. The third-order valence-corrected chi connectivity index (χ3v) is 7.91. The summed E-state index contributed by atoms with van der Waals surface area (Å²) in [5.41, 5.74) is 9.70. The predicted octanol–water partition coefficient (Wildman–Crippen LogP) is 6.29. The second kappa shape index (κ2) is 15.6. The van der Waals surface area contributed by atoms with Crippen LogP contribution in [0.4, 0.5) is 0 Å². The Morgan fingerprint density at radius 2 is 1.65 bits per heavy atom. The maximum Gasteiger partial charge on any atom is 0.200 e. The largest absolute Gasteiger partial charge is 0.493 e. The third-order valence-electron chi connectivity index (χ3n) is 7.91. The molecule has 2 saturated heterocycles. The van der Waals surface area contributed by atoms with E-state index in [0.29, 0.717) is 11.5 Å². The van der Waals surface area contributed by atoms with Crippen molar-refractivity contribution in [3.05, 3.63) is 114 Å². The monoisotopic (exact) mass is 582 g/mol. The number of hydrogen-bond acceptors (Lipinski definition) is 7. The van der Waals surface area contributed by atoms with Crippen LogP contribution in [0.25, 0.3) is 6.08 Å². The van der Waals surface area contributed by atoms with Gasteiger partial charge in [-0.2, -0.15) is 0 Å². The van der Waals surface area contributed by atoms with Crippen molar-refractivity contribution in [2.45, 2.75) is 56.8 Å². The number of methoxy groups -OCH3 is 1. The summed E-state index contributed by atoms with van der Waals surface area (Å²) in [6.45, 7) is 2.32. The van der Waals surface area contributed by atoms with Crippen LogP contribution in [0.1, 0.15) is 54.9 Å². The molecule has 2 aliphatic rings. The number of piperidine rings is 1. The van der Waals surface area contributed by atoms with E-state index >= 15 is 0 Å². The van der Waals surface area contributed by atoms with Gasteiger partial charge in [-0.1, -0.05) is 85.0 Å². The number of benzene rings is 3.